The lowest BCUT2D eigenvalue weighted by Crippen LogP contribution is -2.48. The maximum Gasteiger partial charge on any atom is 0.251 e. The van der Waals surface area contributed by atoms with E-state index in [1.54, 1.807) is 0 Å². The number of sulfone groups is 1. The van der Waals surface area contributed by atoms with Crippen molar-refractivity contribution >= 4 is 25.8 Å². The van der Waals surface area contributed by atoms with Crippen LogP contribution in [0.3, 0.4) is 0 Å². The zero-order chi connectivity index (χ0) is 19.8. The smallest absolute Gasteiger partial charge is 0.251 e. The molecule has 0 unspecified atom stereocenters. The molecule has 0 bridgehead atoms. The van der Waals surface area contributed by atoms with Crippen molar-refractivity contribution in [3.8, 4) is 0 Å². The van der Waals surface area contributed by atoms with Crippen LogP contribution in [0.25, 0.3) is 0 Å². The van der Waals surface area contributed by atoms with Crippen LogP contribution in [-0.2, 0) is 24.6 Å². The van der Waals surface area contributed by atoms with Gasteiger partial charge in [-0.3, -0.25) is 4.79 Å². The second-order valence-corrected chi connectivity index (χ2v) is 11.3. The predicted molar refractivity (Wildman–Crippen MR) is 99.7 cm³/mol. The maximum absolute atomic E-state index is 12.8. The van der Waals surface area contributed by atoms with Gasteiger partial charge in [0.2, 0.25) is 10.0 Å². The number of morpholine rings is 1. The van der Waals surface area contributed by atoms with Gasteiger partial charge in [0.05, 0.1) is 28.6 Å². The Morgan fingerprint density at radius 2 is 1.74 bits per heavy atom. The molecule has 1 amide bonds. The number of carbonyl (C=O) groups excluding carboxylic acids is 1. The van der Waals surface area contributed by atoms with E-state index in [0.717, 1.165) is 0 Å². The first-order valence-electron chi connectivity index (χ1n) is 8.84. The van der Waals surface area contributed by atoms with Gasteiger partial charge in [-0.2, -0.15) is 4.31 Å². The first kappa shape index (κ1) is 20.2. The van der Waals surface area contributed by atoms with E-state index in [1.165, 1.54) is 28.6 Å². The first-order chi connectivity index (χ1) is 12.6. The number of benzene rings is 1. The molecule has 10 heteroatoms. The molecule has 1 N–H and O–H groups in total. The minimum Gasteiger partial charge on any atom is -0.373 e. The monoisotopic (exact) mass is 416 g/mol. The average Bonchev–Trinajstić information content (AvgIpc) is 2.92. The number of amides is 1. The molecule has 0 aromatic heterocycles. The van der Waals surface area contributed by atoms with E-state index in [0.29, 0.717) is 12.0 Å². The van der Waals surface area contributed by atoms with E-state index in [9.17, 15) is 21.6 Å². The quantitative estimate of drug-likeness (QED) is 0.761. The van der Waals surface area contributed by atoms with E-state index in [2.05, 4.69) is 5.32 Å². The molecular formula is C17H24N2O6S2. The molecule has 2 heterocycles. The zero-order valence-electron chi connectivity index (χ0n) is 15.3. The van der Waals surface area contributed by atoms with Crippen LogP contribution >= 0.6 is 0 Å². The summed E-state index contributed by atoms with van der Waals surface area (Å²) in [7, 11) is -6.75. The summed E-state index contributed by atoms with van der Waals surface area (Å²) < 4.78 is 55.6. The molecule has 3 rings (SSSR count). The van der Waals surface area contributed by atoms with Crippen LogP contribution in [0.5, 0.6) is 0 Å². The zero-order valence-corrected chi connectivity index (χ0v) is 16.9. The molecule has 2 fully saturated rings. The molecule has 150 valence electrons. The van der Waals surface area contributed by atoms with E-state index < -0.39 is 31.8 Å². The van der Waals surface area contributed by atoms with Crippen molar-refractivity contribution in [2.24, 2.45) is 0 Å². The molecule has 2 aliphatic rings. The number of sulfonamides is 1. The fourth-order valence-corrected chi connectivity index (χ4v) is 6.70. The van der Waals surface area contributed by atoms with Crippen LogP contribution in [0.2, 0.25) is 0 Å². The highest BCUT2D eigenvalue weighted by atomic mass is 32.2. The van der Waals surface area contributed by atoms with Crippen molar-refractivity contribution in [2.45, 2.75) is 43.4 Å². The Morgan fingerprint density at radius 3 is 2.26 bits per heavy atom. The topological polar surface area (TPSA) is 110 Å². The van der Waals surface area contributed by atoms with Crippen molar-refractivity contribution in [1.82, 2.24) is 9.62 Å². The van der Waals surface area contributed by atoms with Gasteiger partial charge in [-0.1, -0.05) is 0 Å². The third kappa shape index (κ3) is 4.68. The van der Waals surface area contributed by atoms with Crippen molar-refractivity contribution in [3.05, 3.63) is 29.8 Å². The predicted octanol–water partition coefficient (Wildman–Crippen LogP) is 0.401. The molecule has 2 saturated heterocycles. The van der Waals surface area contributed by atoms with Gasteiger partial charge in [0.25, 0.3) is 5.91 Å². The molecule has 0 saturated carbocycles. The van der Waals surface area contributed by atoms with Crippen LogP contribution in [-0.4, -0.2) is 69.9 Å². The molecule has 27 heavy (non-hydrogen) atoms. The van der Waals surface area contributed by atoms with Crippen LogP contribution in [0.4, 0.5) is 0 Å². The Morgan fingerprint density at radius 1 is 1.15 bits per heavy atom. The molecule has 0 spiro atoms. The standard InChI is InChI=1S/C17H24N2O6S2/c1-12-9-19(10-13(2)25-12)27(23,24)16-5-3-14(4-6-16)17(20)18-15-7-8-26(21,22)11-15/h3-6,12-13,15H,7-11H2,1-2H3,(H,18,20)/t12-,13+,15-/m1/s1. The molecule has 1 aromatic rings. The summed E-state index contributed by atoms with van der Waals surface area (Å²) in [5.74, 6) is -0.390. The number of rotatable bonds is 4. The second kappa shape index (κ2) is 7.50. The van der Waals surface area contributed by atoms with Crippen molar-refractivity contribution in [1.29, 1.82) is 0 Å². The van der Waals surface area contributed by atoms with Crippen molar-refractivity contribution in [3.63, 3.8) is 0 Å². The number of ether oxygens (including phenoxy) is 1. The van der Waals surface area contributed by atoms with Crippen LogP contribution in [0.1, 0.15) is 30.6 Å². The van der Waals surface area contributed by atoms with Gasteiger partial charge in [-0.15, -0.1) is 0 Å². The van der Waals surface area contributed by atoms with Crippen LogP contribution < -0.4 is 5.32 Å². The Hall–Kier alpha value is -1.49. The van der Waals surface area contributed by atoms with E-state index in [-0.39, 0.29) is 41.7 Å². The van der Waals surface area contributed by atoms with E-state index in [4.69, 9.17) is 4.74 Å². The lowest BCUT2D eigenvalue weighted by molar-refractivity contribution is -0.0440. The highest BCUT2D eigenvalue weighted by Gasteiger charge is 2.32. The Kier molecular flexibility index (Phi) is 5.62. The summed E-state index contributed by atoms with van der Waals surface area (Å²) in [6.45, 7) is 4.22. The fraction of sp³-hybridized carbons (Fsp3) is 0.588. The van der Waals surface area contributed by atoms with Gasteiger partial charge in [-0.05, 0) is 44.5 Å². The molecule has 8 nitrogen and oxygen atoms in total. The largest absolute Gasteiger partial charge is 0.373 e. The fourth-order valence-electron chi connectivity index (χ4n) is 3.43. The number of carbonyl (C=O) groups is 1. The molecule has 0 aliphatic carbocycles. The summed E-state index contributed by atoms with van der Waals surface area (Å²) >= 11 is 0. The third-order valence-electron chi connectivity index (χ3n) is 4.71. The highest BCUT2D eigenvalue weighted by molar-refractivity contribution is 7.91. The van der Waals surface area contributed by atoms with Crippen LogP contribution in [0.15, 0.2) is 29.2 Å². The Labute approximate surface area is 159 Å². The van der Waals surface area contributed by atoms with Gasteiger partial charge < -0.3 is 10.1 Å². The molecule has 2 aliphatic heterocycles. The summed E-state index contributed by atoms with van der Waals surface area (Å²) in [5.41, 5.74) is 0.293. The average molecular weight is 417 g/mol. The van der Waals surface area contributed by atoms with Crippen LogP contribution in [0, 0.1) is 0 Å². The maximum atomic E-state index is 12.8. The summed E-state index contributed by atoms with van der Waals surface area (Å²) in [6, 6.07) is 5.29. The highest BCUT2D eigenvalue weighted by Crippen LogP contribution is 2.21. The number of nitrogens with zero attached hydrogens (tertiary/aromatic N) is 1. The Bertz CT molecular complexity index is 901. The summed E-state index contributed by atoms with van der Waals surface area (Å²) in [4.78, 5) is 12.4. The molecule has 3 atom stereocenters. The van der Waals surface area contributed by atoms with E-state index >= 15 is 0 Å². The van der Waals surface area contributed by atoms with Gasteiger partial charge in [-0.25, -0.2) is 16.8 Å². The first-order valence-corrected chi connectivity index (χ1v) is 12.1. The molecular weight excluding hydrogens is 392 g/mol. The van der Waals surface area contributed by atoms with Crippen molar-refractivity contribution in [2.75, 3.05) is 24.6 Å². The number of nitrogens with one attached hydrogen (secondary N) is 1. The van der Waals surface area contributed by atoms with Gasteiger partial charge in [0, 0.05) is 24.7 Å². The van der Waals surface area contributed by atoms with Gasteiger partial charge in [0.15, 0.2) is 9.84 Å². The van der Waals surface area contributed by atoms with E-state index in [1.807, 2.05) is 13.8 Å². The number of hydrogen-bond donors (Lipinski definition) is 1. The van der Waals surface area contributed by atoms with Gasteiger partial charge in [0.1, 0.15) is 0 Å². The minimum atomic E-state index is -3.67. The van der Waals surface area contributed by atoms with Crippen molar-refractivity contribution < 1.29 is 26.4 Å². The second-order valence-electron chi connectivity index (χ2n) is 7.18. The minimum absolute atomic E-state index is 0.0569. The molecule has 1 aromatic carbocycles. The SMILES string of the molecule is C[C@@H]1CN(S(=O)(=O)c2ccc(C(=O)N[C@@H]3CCS(=O)(=O)C3)cc2)C[C@H](C)O1. The van der Waals surface area contributed by atoms with Gasteiger partial charge >= 0.3 is 0 Å². The number of hydrogen-bond acceptors (Lipinski definition) is 6. The molecule has 0 radical (unpaired) electrons. The Balaban J connectivity index is 1.70. The third-order valence-corrected chi connectivity index (χ3v) is 8.32. The summed E-state index contributed by atoms with van der Waals surface area (Å²) in [6.07, 6.45) is 0.0287. The summed E-state index contributed by atoms with van der Waals surface area (Å²) in [5, 5.41) is 2.69. The lowest BCUT2D eigenvalue weighted by atomic mass is 10.2. The lowest BCUT2D eigenvalue weighted by Gasteiger charge is -2.34. The normalized spacial score (nSPS) is 28.7.